The Labute approximate surface area is 228 Å². The third-order valence-electron chi connectivity index (χ3n) is 7.39. The molecule has 6 rings (SSSR count). The second-order valence-corrected chi connectivity index (χ2v) is 10.2. The first-order valence-electron chi connectivity index (χ1n) is 13.3. The molecular formula is C30H33N9. The quantitative estimate of drug-likeness (QED) is 0.417. The number of aliphatic imine (C=N–C) groups is 1. The van der Waals surface area contributed by atoms with E-state index in [0.717, 1.165) is 72.2 Å². The molecule has 198 valence electrons. The molecule has 0 saturated carbocycles. The van der Waals surface area contributed by atoms with E-state index in [2.05, 4.69) is 75.5 Å². The van der Waals surface area contributed by atoms with Crippen molar-refractivity contribution in [1.29, 1.82) is 0 Å². The van der Waals surface area contributed by atoms with E-state index < -0.39 is 6.29 Å². The number of rotatable bonds is 6. The Morgan fingerprint density at radius 1 is 0.974 bits per heavy atom. The number of likely N-dealkylation sites (N-methyl/N-ethyl adjacent to an activating group) is 1. The van der Waals surface area contributed by atoms with Crippen LogP contribution in [-0.4, -0.2) is 75.0 Å². The summed E-state index contributed by atoms with van der Waals surface area (Å²) in [5.41, 5.74) is 14.4. The van der Waals surface area contributed by atoms with Gasteiger partial charge in [-0.25, -0.2) is 9.67 Å². The second-order valence-electron chi connectivity index (χ2n) is 10.2. The van der Waals surface area contributed by atoms with E-state index in [1.165, 1.54) is 5.56 Å². The van der Waals surface area contributed by atoms with Crippen molar-refractivity contribution in [2.24, 2.45) is 10.7 Å². The second kappa shape index (κ2) is 10.9. The molecule has 2 aliphatic rings. The molecule has 1 atom stereocenters. The normalized spacial score (nSPS) is 18.4. The van der Waals surface area contributed by atoms with E-state index in [1.807, 2.05) is 41.6 Å². The summed E-state index contributed by atoms with van der Waals surface area (Å²) in [4.78, 5) is 15.7. The van der Waals surface area contributed by atoms with Gasteiger partial charge in [-0.05, 0) is 55.4 Å². The summed E-state index contributed by atoms with van der Waals surface area (Å²) in [7, 11) is 2.19. The van der Waals surface area contributed by atoms with Crippen LogP contribution in [0, 0.1) is 6.92 Å². The largest absolute Gasteiger partial charge is 0.313 e. The van der Waals surface area contributed by atoms with E-state index in [1.54, 1.807) is 17.1 Å². The summed E-state index contributed by atoms with van der Waals surface area (Å²) in [5.74, 6) is 0. The maximum Gasteiger partial charge on any atom is 0.178 e. The molecule has 0 spiro atoms. The summed E-state index contributed by atoms with van der Waals surface area (Å²) in [6.07, 6.45) is 8.90. The molecule has 0 bridgehead atoms. The Morgan fingerprint density at radius 3 is 2.54 bits per heavy atom. The lowest BCUT2D eigenvalue weighted by atomic mass is 10.1. The molecule has 9 nitrogen and oxygen atoms in total. The number of hydrogen-bond acceptors (Lipinski definition) is 8. The molecular weight excluding hydrogens is 486 g/mol. The fourth-order valence-corrected chi connectivity index (χ4v) is 4.98. The Hall–Kier alpha value is -4.18. The SMILES string of the molecule is Cc1ccc(-n2cc(-c3ccc(CN4CCN(C)CC4)cc3)nn2)cc1N1C=CC(c2cccnc2)=NC1N. The molecule has 4 heterocycles. The molecule has 1 saturated heterocycles. The highest BCUT2D eigenvalue weighted by atomic mass is 15.4. The van der Waals surface area contributed by atoms with E-state index in [-0.39, 0.29) is 0 Å². The Balaban J connectivity index is 1.17. The molecule has 2 N–H and O–H groups in total. The summed E-state index contributed by atoms with van der Waals surface area (Å²) >= 11 is 0. The van der Waals surface area contributed by atoms with E-state index in [9.17, 15) is 0 Å². The molecule has 9 heteroatoms. The van der Waals surface area contributed by atoms with Crippen molar-refractivity contribution >= 4 is 11.4 Å². The summed E-state index contributed by atoms with van der Waals surface area (Å²) in [6.45, 7) is 7.52. The van der Waals surface area contributed by atoms with Crippen LogP contribution in [0.1, 0.15) is 16.7 Å². The highest BCUT2D eigenvalue weighted by molar-refractivity contribution is 6.09. The van der Waals surface area contributed by atoms with E-state index in [0.29, 0.717) is 0 Å². The van der Waals surface area contributed by atoms with E-state index in [4.69, 9.17) is 10.7 Å². The molecule has 4 aromatic rings. The van der Waals surface area contributed by atoms with Crippen LogP contribution >= 0.6 is 0 Å². The number of nitrogens with zero attached hydrogens (tertiary/aromatic N) is 8. The molecule has 0 radical (unpaired) electrons. The number of hydrogen-bond donors (Lipinski definition) is 1. The lowest BCUT2D eigenvalue weighted by molar-refractivity contribution is 0.148. The average Bonchev–Trinajstić information content (AvgIpc) is 3.46. The third-order valence-corrected chi connectivity index (χ3v) is 7.39. The van der Waals surface area contributed by atoms with Gasteiger partial charge in [0.05, 0.1) is 17.6 Å². The van der Waals surface area contributed by atoms with E-state index >= 15 is 0 Å². The van der Waals surface area contributed by atoms with Crippen LogP contribution in [0.15, 0.2) is 90.5 Å². The number of piperazine rings is 1. The van der Waals surface area contributed by atoms with Crippen molar-refractivity contribution in [2.45, 2.75) is 19.8 Å². The highest BCUT2D eigenvalue weighted by Crippen LogP contribution is 2.28. The standard InChI is InChI=1S/C30H33N9/c1-22-5-10-26(18-29(22)38-13-11-27(33-30(38)31)25-4-3-12-32-19-25)39-21-28(34-35-39)24-8-6-23(7-9-24)20-37-16-14-36(2)15-17-37/h3-13,18-19,21,30H,14-17,20,31H2,1-2H3. The molecule has 2 aliphatic heterocycles. The van der Waals surface area contributed by atoms with Gasteiger partial charge in [0.15, 0.2) is 6.29 Å². The van der Waals surface area contributed by atoms with Crippen LogP contribution in [0.25, 0.3) is 16.9 Å². The van der Waals surface area contributed by atoms with Gasteiger partial charge in [0.2, 0.25) is 0 Å². The van der Waals surface area contributed by atoms with Crippen LogP contribution in [0.2, 0.25) is 0 Å². The first-order chi connectivity index (χ1) is 19.0. The number of nitrogens with two attached hydrogens (primary N) is 1. The predicted molar refractivity (Wildman–Crippen MR) is 155 cm³/mol. The number of aromatic nitrogens is 4. The van der Waals surface area contributed by atoms with Gasteiger partial charge in [-0.15, -0.1) is 5.10 Å². The molecule has 1 fully saturated rings. The zero-order valence-corrected chi connectivity index (χ0v) is 22.4. The fraction of sp³-hybridized carbons (Fsp3) is 0.267. The van der Waals surface area contributed by atoms with Gasteiger partial charge in [-0.3, -0.25) is 15.6 Å². The minimum Gasteiger partial charge on any atom is -0.313 e. The summed E-state index contributed by atoms with van der Waals surface area (Å²) < 4.78 is 1.81. The Bertz CT molecular complexity index is 1480. The number of allylic oxidation sites excluding steroid dienone is 1. The zero-order valence-electron chi connectivity index (χ0n) is 22.4. The number of pyridine rings is 1. The molecule has 39 heavy (non-hydrogen) atoms. The highest BCUT2D eigenvalue weighted by Gasteiger charge is 2.20. The van der Waals surface area contributed by atoms with Crippen LogP contribution in [-0.2, 0) is 6.54 Å². The monoisotopic (exact) mass is 519 g/mol. The minimum absolute atomic E-state index is 0.546. The molecule has 2 aromatic heterocycles. The van der Waals surface area contributed by atoms with Crippen molar-refractivity contribution in [3.05, 3.63) is 102 Å². The maximum absolute atomic E-state index is 6.48. The number of aryl methyl sites for hydroxylation is 1. The third kappa shape index (κ3) is 5.51. The van der Waals surface area contributed by atoms with Gasteiger partial charge in [-0.2, -0.15) is 0 Å². The van der Waals surface area contributed by atoms with Gasteiger partial charge < -0.3 is 9.80 Å². The number of anilines is 1. The van der Waals surface area contributed by atoms with Gasteiger partial charge in [0.25, 0.3) is 0 Å². The lowest BCUT2D eigenvalue weighted by Gasteiger charge is -2.32. The van der Waals surface area contributed by atoms with Crippen LogP contribution in [0.4, 0.5) is 5.69 Å². The lowest BCUT2D eigenvalue weighted by Crippen LogP contribution is -2.43. The van der Waals surface area contributed by atoms with Crippen molar-refractivity contribution < 1.29 is 0 Å². The minimum atomic E-state index is -0.546. The fourth-order valence-electron chi connectivity index (χ4n) is 4.98. The number of benzene rings is 2. The van der Waals surface area contributed by atoms with Crippen LogP contribution in [0.3, 0.4) is 0 Å². The topological polar surface area (TPSA) is 91.7 Å². The first kappa shape index (κ1) is 25.1. The maximum atomic E-state index is 6.48. The molecule has 0 aliphatic carbocycles. The smallest absolute Gasteiger partial charge is 0.178 e. The van der Waals surface area contributed by atoms with Gasteiger partial charge >= 0.3 is 0 Å². The van der Waals surface area contributed by atoms with Crippen molar-refractivity contribution in [3.63, 3.8) is 0 Å². The first-order valence-corrected chi connectivity index (χ1v) is 13.3. The van der Waals surface area contributed by atoms with Gasteiger partial charge in [0, 0.05) is 68.1 Å². The molecule has 1 unspecified atom stereocenters. The Kier molecular flexibility index (Phi) is 7.02. The average molecular weight is 520 g/mol. The van der Waals surface area contributed by atoms with Crippen molar-refractivity contribution in [3.8, 4) is 16.9 Å². The predicted octanol–water partition coefficient (Wildman–Crippen LogP) is 3.45. The molecule has 0 amide bonds. The van der Waals surface area contributed by atoms with Crippen molar-refractivity contribution in [1.82, 2.24) is 29.8 Å². The van der Waals surface area contributed by atoms with Gasteiger partial charge in [0.1, 0.15) is 5.69 Å². The molecule has 2 aromatic carbocycles. The summed E-state index contributed by atoms with van der Waals surface area (Å²) in [5, 5.41) is 8.88. The summed E-state index contributed by atoms with van der Waals surface area (Å²) in [6, 6.07) is 18.7. The van der Waals surface area contributed by atoms with Crippen LogP contribution in [0.5, 0.6) is 0 Å². The van der Waals surface area contributed by atoms with Gasteiger partial charge in [-0.1, -0.05) is 35.5 Å². The Morgan fingerprint density at radius 2 is 1.79 bits per heavy atom. The van der Waals surface area contributed by atoms with Crippen LogP contribution < -0.4 is 10.6 Å². The van der Waals surface area contributed by atoms with Crippen molar-refractivity contribution in [2.75, 3.05) is 38.1 Å². The zero-order chi connectivity index (χ0) is 26.8.